The topological polar surface area (TPSA) is 133 Å². The number of cyclic esters (lactones) is 1. The zero-order valence-electron chi connectivity index (χ0n) is 21.4. The van der Waals surface area contributed by atoms with Gasteiger partial charge in [-0.3, -0.25) is 19.2 Å². The van der Waals surface area contributed by atoms with Gasteiger partial charge in [-0.05, 0) is 52.5 Å². The lowest BCUT2D eigenvalue weighted by Crippen LogP contribution is -2.27. The number of rotatable bonds is 8. The van der Waals surface area contributed by atoms with Gasteiger partial charge in [0.25, 0.3) is 0 Å². The summed E-state index contributed by atoms with van der Waals surface area (Å²) in [4.78, 5) is 76.0. The Morgan fingerprint density at radius 2 is 1.31 bits per heavy atom. The molecule has 0 aromatic heterocycles. The van der Waals surface area contributed by atoms with Crippen molar-refractivity contribution in [3.63, 3.8) is 0 Å². The fourth-order valence-electron chi connectivity index (χ4n) is 3.89. The van der Waals surface area contributed by atoms with Crippen molar-refractivity contribution in [3.8, 4) is 0 Å². The Morgan fingerprint density at radius 1 is 0.806 bits per heavy atom. The number of carbonyl (C=O) groups excluding carboxylic acids is 6. The summed E-state index contributed by atoms with van der Waals surface area (Å²) in [7, 11) is 0. The molecule has 0 saturated heterocycles. The second kappa shape index (κ2) is 12.3. The number of ether oxygens (including phenoxy) is 3. The summed E-state index contributed by atoms with van der Waals surface area (Å²) >= 11 is 0. The molecule has 0 amide bonds. The van der Waals surface area contributed by atoms with Crippen molar-refractivity contribution in [1.82, 2.24) is 4.90 Å². The van der Waals surface area contributed by atoms with Crippen LogP contribution in [0.15, 0.2) is 17.7 Å². The maximum Gasteiger partial charge on any atom is 0.345 e. The molecule has 1 heterocycles. The Kier molecular flexibility index (Phi) is 9.80. The van der Waals surface area contributed by atoms with Gasteiger partial charge in [-0.2, -0.15) is 0 Å². The lowest BCUT2D eigenvalue weighted by molar-refractivity contribution is -0.144. The number of benzene rings is 1. The van der Waals surface area contributed by atoms with Crippen LogP contribution in [-0.4, -0.2) is 73.0 Å². The molecule has 1 unspecified atom stereocenters. The Hall–Kier alpha value is -3.66. The van der Waals surface area contributed by atoms with Gasteiger partial charge in [0.2, 0.25) is 0 Å². The van der Waals surface area contributed by atoms with Crippen LogP contribution in [-0.2, 0) is 28.6 Å². The first kappa shape index (κ1) is 28.6. The maximum absolute atomic E-state index is 12.6. The minimum atomic E-state index is -1.65. The molecule has 0 spiro atoms. The molecule has 3 rings (SSSR count). The normalized spacial score (nSPS) is 17.1. The van der Waals surface area contributed by atoms with Gasteiger partial charge in [0.1, 0.15) is 5.57 Å². The third-order valence-corrected chi connectivity index (χ3v) is 5.79. The first-order chi connectivity index (χ1) is 17.1. The van der Waals surface area contributed by atoms with Crippen LogP contribution in [0, 0.1) is 5.92 Å². The van der Waals surface area contributed by atoms with Crippen LogP contribution in [0.5, 0.6) is 0 Å². The second-order valence-corrected chi connectivity index (χ2v) is 7.85. The van der Waals surface area contributed by atoms with E-state index < -0.39 is 46.7 Å². The summed E-state index contributed by atoms with van der Waals surface area (Å²) in [5, 5.41) is 0. The third kappa shape index (κ3) is 5.59. The van der Waals surface area contributed by atoms with Gasteiger partial charge in [-0.15, -0.1) is 0 Å². The summed E-state index contributed by atoms with van der Waals surface area (Å²) in [5.41, 5.74) is -0.831. The molecule has 1 aromatic rings. The molecular weight excluding hydrogens is 470 g/mol. The van der Waals surface area contributed by atoms with Crippen LogP contribution in [0.25, 0.3) is 5.76 Å². The molecule has 1 aliphatic heterocycles. The molecule has 0 fully saturated rings. The van der Waals surface area contributed by atoms with E-state index >= 15 is 0 Å². The lowest BCUT2D eigenvalue weighted by atomic mass is 9.97. The Labute approximate surface area is 209 Å². The number of Topliss-reactive ketones (excluding diaryl/α,β-unsaturated/α-hetero) is 3. The van der Waals surface area contributed by atoms with Crippen molar-refractivity contribution >= 4 is 41.0 Å². The fraction of sp³-hybridized carbons (Fsp3) is 0.462. The van der Waals surface area contributed by atoms with E-state index in [1.807, 2.05) is 0 Å². The van der Waals surface area contributed by atoms with Gasteiger partial charge in [0.15, 0.2) is 29.0 Å². The van der Waals surface area contributed by atoms with Gasteiger partial charge < -0.3 is 19.1 Å². The largest absolute Gasteiger partial charge is 0.465 e. The minimum absolute atomic E-state index is 0.00216. The van der Waals surface area contributed by atoms with E-state index in [1.165, 1.54) is 32.6 Å². The van der Waals surface area contributed by atoms with Crippen LogP contribution in [0.3, 0.4) is 0 Å². The van der Waals surface area contributed by atoms with E-state index in [0.29, 0.717) is 0 Å². The molecule has 0 N–H and O–H groups in total. The molecular formula is C26H31NO9. The molecule has 0 saturated carbocycles. The van der Waals surface area contributed by atoms with E-state index in [1.54, 1.807) is 6.92 Å². The Morgan fingerprint density at radius 3 is 1.72 bits per heavy atom. The smallest absolute Gasteiger partial charge is 0.345 e. The number of esters is 3. The fourth-order valence-corrected chi connectivity index (χ4v) is 3.89. The Balaban J connectivity index is 0.000000572. The number of ketones is 3. The molecule has 0 bridgehead atoms. The van der Waals surface area contributed by atoms with Gasteiger partial charge >= 0.3 is 17.9 Å². The van der Waals surface area contributed by atoms with Crippen molar-refractivity contribution in [2.75, 3.05) is 32.8 Å². The molecule has 1 aliphatic carbocycles. The summed E-state index contributed by atoms with van der Waals surface area (Å²) in [6, 6.07) is 2.30. The summed E-state index contributed by atoms with van der Waals surface area (Å²) in [6.07, 6.45) is 0. The third-order valence-electron chi connectivity index (χ3n) is 5.79. The van der Waals surface area contributed by atoms with Gasteiger partial charge in [0, 0.05) is 16.7 Å². The van der Waals surface area contributed by atoms with Crippen LogP contribution in [0.1, 0.15) is 78.2 Å². The molecule has 194 valence electrons. The van der Waals surface area contributed by atoms with Crippen molar-refractivity contribution in [2.45, 2.75) is 41.5 Å². The number of nitrogens with zero attached hydrogens (tertiary/aromatic N) is 1. The maximum atomic E-state index is 12.6. The second-order valence-electron chi connectivity index (χ2n) is 7.85. The summed E-state index contributed by atoms with van der Waals surface area (Å²) in [5.74, 6) is -7.13. The standard InChI is InChI=1S/C20H16O9.C6H15N/c1-4-27-19(25)13(8(3)21)17-11-6-9-10(7-12(11)18(24)29-17)16(23)14(15(9)22)20(26)28-5-2;1-4-7(5-2)6-3/h6-7,14H,4-5H2,1-3H3;4-6H2,1-3H3/b17-13+;. The minimum Gasteiger partial charge on any atom is -0.465 e. The molecule has 1 atom stereocenters. The van der Waals surface area contributed by atoms with Gasteiger partial charge in [0.05, 0.1) is 18.8 Å². The predicted molar refractivity (Wildman–Crippen MR) is 128 cm³/mol. The van der Waals surface area contributed by atoms with E-state index in [4.69, 9.17) is 14.2 Å². The molecule has 10 heteroatoms. The highest BCUT2D eigenvalue weighted by Gasteiger charge is 2.47. The van der Waals surface area contributed by atoms with Crippen molar-refractivity contribution < 1.29 is 43.0 Å². The van der Waals surface area contributed by atoms with Gasteiger partial charge in [-0.25, -0.2) is 9.59 Å². The van der Waals surface area contributed by atoms with E-state index in [2.05, 4.69) is 25.7 Å². The lowest BCUT2D eigenvalue weighted by Gasteiger charge is -2.13. The van der Waals surface area contributed by atoms with Crippen molar-refractivity contribution in [1.29, 1.82) is 0 Å². The highest BCUT2D eigenvalue weighted by Crippen LogP contribution is 2.38. The average Bonchev–Trinajstić information content (AvgIpc) is 3.27. The average molecular weight is 502 g/mol. The molecule has 2 aliphatic rings. The molecule has 0 radical (unpaired) electrons. The van der Waals surface area contributed by atoms with Crippen LogP contribution < -0.4 is 0 Å². The monoisotopic (exact) mass is 501 g/mol. The number of hydrogen-bond acceptors (Lipinski definition) is 10. The summed E-state index contributed by atoms with van der Waals surface area (Å²) < 4.78 is 14.7. The van der Waals surface area contributed by atoms with Crippen molar-refractivity contribution in [3.05, 3.63) is 40.0 Å². The van der Waals surface area contributed by atoms with E-state index in [-0.39, 0.29) is 41.2 Å². The van der Waals surface area contributed by atoms with E-state index in [0.717, 1.165) is 13.0 Å². The predicted octanol–water partition coefficient (Wildman–Crippen LogP) is 2.63. The number of hydrogen-bond donors (Lipinski definition) is 0. The summed E-state index contributed by atoms with van der Waals surface area (Å²) in [6.45, 7) is 14.3. The quantitative estimate of drug-likeness (QED) is 0.172. The van der Waals surface area contributed by atoms with Crippen LogP contribution >= 0.6 is 0 Å². The zero-order valence-corrected chi connectivity index (χ0v) is 21.4. The van der Waals surface area contributed by atoms with Crippen LogP contribution in [0.2, 0.25) is 0 Å². The molecule has 10 nitrogen and oxygen atoms in total. The SMILES string of the molecule is CCN(CC)CC.CCOC(=O)/C(C(C)=O)=C1/OC(=O)c2cc3c(cc21)C(=O)C(C(=O)OCC)C3=O. The molecule has 1 aromatic carbocycles. The van der Waals surface area contributed by atoms with Crippen molar-refractivity contribution in [2.24, 2.45) is 5.92 Å². The number of fused-ring (bicyclic) bond motifs is 2. The first-order valence-corrected chi connectivity index (χ1v) is 11.9. The van der Waals surface area contributed by atoms with Crippen LogP contribution in [0.4, 0.5) is 0 Å². The number of carbonyl (C=O) groups is 6. The zero-order chi connectivity index (χ0) is 27.2. The first-order valence-electron chi connectivity index (χ1n) is 11.9. The highest BCUT2D eigenvalue weighted by molar-refractivity contribution is 6.35. The highest BCUT2D eigenvalue weighted by atomic mass is 16.6. The van der Waals surface area contributed by atoms with E-state index in [9.17, 15) is 28.8 Å². The Bertz CT molecular complexity index is 1120. The van der Waals surface area contributed by atoms with Gasteiger partial charge in [-0.1, -0.05) is 20.8 Å². The molecule has 36 heavy (non-hydrogen) atoms.